The van der Waals surface area contributed by atoms with Gasteiger partial charge in [-0.15, -0.1) is 0 Å². The predicted octanol–water partition coefficient (Wildman–Crippen LogP) is 4.09. The maximum atomic E-state index is 13.9. The molecule has 3 aromatic heterocycles. The first-order chi connectivity index (χ1) is 17.5. The Labute approximate surface area is 210 Å². The molecule has 1 aromatic carbocycles. The number of rotatable bonds is 6. The number of aromatic nitrogens is 4. The minimum absolute atomic E-state index is 0.127. The Kier molecular flexibility index (Phi) is 6.69. The number of carbonyl (C=O) groups excluding carboxylic acids is 1. The molecule has 0 saturated carbocycles. The van der Waals surface area contributed by atoms with Crippen LogP contribution in [0.5, 0.6) is 0 Å². The van der Waals surface area contributed by atoms with E-state index in [0.29, 0.717) is 23.8 Å². The Balaban J connectivity index is 1.46. The molecule has 3 N–H and O–H groups in total. The monoisotopic (exact) mass is 479 g/mol. The summed E-state index contributed by atoms with van der Waals surface area (Å²) in [7, 11) is 0. The zero-order valence-electron chi connectivity index (χ0n) is 20.5. The van der Waals surface area contributed by atoms with Gasteiger partial charge in [-0.25, -0.2) is 15.0 Å². The van der Waals surface area contributed by atoms with Gasteiger partial charge in [0.2, 0.25) is 0 Å². The summed E-state index contributed by atoms with van der Waals surface area (Å²) in [6.45, 7) is 6.02. The van der Waals surface area contributed by atoms with Gasteiger partial charge in [0, 0.05) is 36.1 Å². The number of nitrogens with one attached hydrogen (secondary N) is 1. The second-order valence-electron chi connectivity index (χ2n) is 9.04. The van der Waals surface area contributed by atoms with Crippen LogP contribution in [-0.2, 0) is 6.54 Å². The highest BCUT2D eigenvalue weighted by Gasteiger charge is 2.26. The number of nitrogen functional groups attached to an aromatic ring is 1. The number of pyridine rings is 2. The van der Waals surface area contributed by atoms with E-state index in [4.69, 9.17) is 10.7 Å². The Morgan fingerprint density at radius 2 is 1.97 bits per heavy atom. The molecular weight excluding hydrogens is 450 g/mol. The Morgan fingerprint density at radius 3 is 2.69 bits per heavy atom. The number of anilines is 1. The molecule has 0 spiro atoms. The van der Waals surface area contributed by atoms with Crippen molar-refractivity contribution in [3.8, 4) is 0 Å². The molecule has 0 bridgehead atoms. The molecule has 4 aromatic rings. The van der Waals surface area contributed by atoms with Crippen molar-refractivity contribution in [2.45, 2.75) is 32.9 Å². The first kappa shape index (κ1) is 23.6. The van der Waals surface area contributed by atoms with Crippen molar-refractivity contribution >= 4 is 28.2 Å². The molecular formula is C28H29N7O. The molecule has 4 heterocycles. The van der Waals surface area contributed by atoms with Crippen LogP contribution in [0, 0.1) is 6.92 Å². The Bertz CT molecular complexity index is 1420. The molecule has 1 amide bonds. The molecule has 8 nitrogen and oxygen atoms in total. The fraction of sp³-hybridized carbons (Fsp3) is 0.250. The molecule has 1 aliphatic rings. The van der Waals surface area contributed by atoms with E-state index < -0.39 is 0 Å². The van der Waals surface area contributed by atoms with Gasteiger partial charge in [0.1, 0.15) is 11.6 Å². The highest BCUT2D eigenvalue weighted by molar-refractivity contribution is 5.98. The number of hydrogen-bond donors (Lipinski definition) is 2. The topological polar surface area (TPSA) is 110 Å². The van der Waals surface area contributed by atoms with E-state index in [1.807, 2.05) is 44.3 Å². The maximum absolute atomic E-state index is 13.9. The first-order valence-corrected chi connectivity index (χ1v) is 12.1. The maximum Gasteiger partial charge on any atom is 0.254 e. The average molecular weight is 480 g/mol. The Morgan fingerprint density at radius 1 is 1.14 bits per heavy atom. The van der Waals surface area contributed by atoms with Gasteiger partial charge in [-0.3, -0.25) is 9.78 Å². The first-order valence-electron chi connectivity index (χ1n) is 12.1. The van der Waals surface area contributed by atoms with Crippen molar-refractivity contribution in [3.63, 3.8) is 0 Å². The van der Waals surface area contributed by atoms with E-state index in [1.165, 1.54) is 5.57 Å². The largest absolute Gasteiger partial charge is 0.383 e. The smallest absolute Gasteiger partial charge is 0.254 e. The zero-order valence-corrected chi connectivity index (χ0v) is 20.5. The zero-order chi connectivity index (χ0) is 25.1. The van der Waals surface area contributed by atoms with E-state index in [1.54, 1.807) is 29.4 Å². The second kappa shape index (κ2) is 10.2. The lowest BCUT2D eigenvalue weighted by Crippen LogP contribution is -2.34. The van der Waals surface area contributed by atoms with Crippen LogP contribution < -0.4 is 11.1 Å². The molecule has 0 aliphatic carbocycles. The van der Waals surface area contributed by atoms with Crippen LogP contribution >= 0.6 is 0 Å². The van der Waals surface area contributed by atoms with Crippen LogP contribution in [0.4, 0.5) is 5.82 Å². The summed E-state index contributed by atoms with van der Waals surface area (Å²) in [5, 5.41) is 4.20. The molecule has 0 fully saturated rings. The van der Waals surface area contributed by atoms with E-state index in [2.05, 4.69) is 32.4 Å². The van der Waals surface area contributed by atoms with Crippen LogP contribution in [0.15, 0.2) is 67.1 Å². The van der Waals surface area contributed by atoms with Crippen LogP contribution in [0.1, 0.15) is 52.4 Å². The van der Waals surface area contributed by atoms with Crippen molar-refractivity contribution in [2.75, 3.05) is 18.8 Å². The number of nitrogens with zero attached hydrogens (tertiary/aromatic N) is 5. The average Bonchev–Trinajstić information content (AvgIpc) is 2.93. The van der Waals surface area contributed by atoms with Crippen molar-refractivity contribution in [2.24, 2.45) is 0 Å². The number of amides is 1. The van der Waals surface area contributed by atoms with Gasteiger partial charge in [-0.2, -0.15) is 0 Å². The van der Waals surface area contributed by atoms with Crippen molar-refractivity contribution < 1.29 is 4.79 Å². The summed E-state index contributed by atoms with van der Waals surface area (Å²) in [5.74, 6) is 0.944. The number of hydrogen-bond acceptors (Lipinski definition) is 7. The molecule has 1 atom stereocenters. The minimum Gasteiger partial charge on any atom is -0.383 e. The van der Waals surface area contributed by atoms with Gasteiger partial charge in [0.15, 0.2) is 0 Å². The molecule has 0 unspecified atom stereocenters. The lowest BCUT2D eigenvalue weighted by Gasteiger charge is -2.28. The predicted molar refractivity (Wildman–Crippen MR) is 141 cm³/mol. The van der Waals surface area contributed by atoms with Gasteiger partial charge in [0.05, 0.1) is 23.8 Å². The highest BCUT2D eigenvalue weighted by Crippen LogP contribution is 2.25. The van der Waals surface area contributed by atoms with Crippen LogP contribution in [0.2, 0.25) is 0 Å². The van der Waals surface area contributed by atoms with Gasteiger partial charge >= 0.3 is 0 Å². The third-order valence-corrected chi connectivity index (χ3v) is 6.57. The number of nitrogens with two attached hydrogens (primary N) is 1. The summed E-state index contributed by atoms with van der Waals surface area (Å²) < 4.78 is 0. The number of fused-ring (bicyclic) bond motifs is 1. The minimum atomic E-state index is -0.353. The van der Waals surface area contributed by atoms with Gasteiger partial charge in [-0.05, 0) is 79.9 Å². The van der Waals surface area contributed by atoms with E-state index in [9.17, 15) is 4.79 Å². The third kappa shape index (κ3) is 4.94. The summed E-state index contributed by atoms with van der Waals surface area (Å²) in [4.78, 5) is 33.6. The van der Waals surface area contributed by atoms with Crippen molar-refractivity contribution in [3.05, 3.63) is 95.3 Å². The summed E-state index contributed by atoms with van der Waals surface area (Å²) in [6, 6.07) is 12.9. The summed E-state index contributed by atoms with van der Waals surface area (Å²) in [6.07, 6.45) is 8.46. The number of benzene rings is 1. The molecule has 5 rings (SSSR count). The SMILES string of the molecule is Cc1cc2cc(C(=O)N(Cc3ccc(C4=CCNCC4)cn3)[C@H](C)c3ncccn3)ccc2nc1N. The van der Waals surface area contributed by atoms with E-state index in [0.717, 1.165) is 47.2 Å². The molecule has 0 radical (unpaired) electrons. The lowest BCUT2D eigenvalue weighted by atomic mass is 10.0. The molecule has 0 saturated heterocycles. The van der Waals surface area contributed by atoms with Gasteiger partial charge in [0.25, 0.3) is 5.91 Å². The van der Waals surface area contributed by atoms with E-state index >= 15 is 0 Å². The number of carbonyl (C=O) groups is 1. The number of aryl methyl sites for hydroxylation is 1. The normalized spacial score (nSPS) is 14.3. The van der Waals surface area contributed by atoms with E-state index in [-0.39, 0.29) is 11.9 Å². The lowest BCUT2D eigenvalue weighted by molar-refractivity contribution is 0.0663. The van der Waals surface area contributed by atoms with Crippen LogP contribution in [0.25, 0.3) is 16.5 Å². The summed E-state index contributed by atoms with van der Waals surface area (Å²) >= 11 is 0. The Hall–Kier alpha value is -4.17. The van der Waals surface area contributed by atoms with Crippen LogP contribution in [-0.4, -0.2) is 43.8 Å². The quantitative estimate of drug-likeness (QED) is 0.429. The fourth-order valence-corrected chi connectivity index (χ4v) is 4.41. The summed E-state index contributed by atoms with van der Waals surface area (Å²) in [5.41, 5.74) is 11.4. The molecule has 8 heteroatoms. The molecule has 36 heavy (non-hydrogen) atoms. The second-order valence-corrected chi connectivity index (χ2v) is 9.04. The standard InChI is InChI=1S/C28H29N7O/c1-18-14-23-15-21(5-7-25(23)34-26(18)29)28(36)35(19(2)27-31-10-3-11-32-27)17-24-6-4-22(16-33-24)20-8-12-30-13-9-20/h3-8,10-11,14-16,19,30H,9,12-13,17H2,1-2H3,(H2,29,34)/t19-/m1/s1. The fourth-order valence-electron chi connectivity index (χ4n) is 4.41. The van der Waals surface area contributed by atoms with Crippen molar-refractivity contribution in [1.82, 2.24) is 30.2 Å². The van der Waals surface area contributed by atoms with Gasteiger partial charge in [-0.1, -0.05) is 12.1 Å². The van der Waals surface area contributed by atoms with Gasteiger partial charge < -0.3 is 16.0 Å². The third-order valence-electron chi connectivity index (χ3n) is 6.57. The van der Waals surface area contributed by atoms with Crippen LogP contribution in [0.3, 0.4) is 0 Å². The molecule has 182 valence electrons. The molecule has 1 aliphatic heterocycles. The van der Waals surface area contributed by atoms with Crippen molar-refractivity contribution in [1.29, 1.82) is 0 Å². The highest BCUT2D eigenvalue weighted by atomic mass is 16.2.